The molecule has 1 heterocycles. The lowest BCUT2D eigenvalue weighted by atomic mass is 10.0. The lowest BCUT2D eigenvalue weighted by Gasteiger charge is -2.10. The third-order valence-corrected chi connectivity index (χ3v) is 4.37. The molecule has 2 aromatic rings. The number of nitrogens with two attached hydrogens (primary N) is 1. The maximum Gasteiger partial charge on any atom is 0.161 e. The minimum Gasteiger partial charge on any atom is -0.493 e. The number of rotatable bonds is 2. The van der Waals surface area contributed by atoms with Gasteiger partial charge in [-0.3, -0.25) is 0 Å². The van der Waals surface area contributed by atoms with Crippen LogP contribution in [0.5, 0.6) is 11.5 Å². The van der Waals surface area contributed by atoms with Crippen molar-refractivity contribution in [3.05, 3.63) is 28.1 Å². The van der Waals surface area contributed by atoms with Crippen LogP contribution in [0.2, 0.25) is 0 Å². The van der Waals surface area contributed by atoms with Crippen LogP contribution in [0.1, 0.15) is 16.0 Å². The largest absolute Gasteiger partial charge is 0.493 e. The fourth-order valence-corrected chi connectivity index (χ4v) is 3.55. The molecule has 1 aliphatic carbocycles. The van der Waals surface area contributed by atoms with E-state index in [-0.39, 0.29) is 0 Å². The maximum atomic E-state index is 9.25. The first-order valence-corrected chi connectivity index (χ1v) is 6.57. The van der Waals surface area contributed by atoms with Crippen molar-refractivity contribution in [1.82, 2.24) is 0 Å². The highest BCUT2D eigenvalue weighted by molar-refractivity contribution is 7.16. The number of fused-ring (bicyclic) bond motifs is 3. The fourth-order valence-electron chi connectivity index (χ4n) is 2.49. The van der Waals surface area contributed by atoms with E-state index < -0.39 is 0 Å². The Morgan fingerprint density at radius 3 is 2.58 bits per heavy atom. The number of benzene rings is 1. The second-order valence-electron chi connectivity index (χ2n) is 4.29. The molecule has 2 N–H and O–H groups in total. The summed E-state index contributed by atoms with van der Waals surface area (Å²) in [6, 6.07) is 6.09. The Balaban J connectivity index is 2.26. The predicted molar refractivity (Wildman–Crippen MR) is 74.8 cm³/mol. The molecule has 96 valence electrons. The summed E-state index contributed by atoms with van der Waals surface area (Å²) in [6.45, 7) is 0. The van der Waals surface area contributed by atoms with Gasteiger partial charge in [-0.25, -0.2) is 0 Å². The van der Waals surface area contributed by atoms with Crippen molar-refractivity contribution in [2.24, 2.45) is 0 Å². The van der Waals surface area contributed by atoms with E-state index in [1.54, 1.807) is 14.2 Å². The highest BCUT2D eigenvalue weighted by atomic mass is 32.1. The van der Waals surface area contributed by atoms with Gasteiger partial charge in [-0.1, -0.05) is 0 Å². The first-order chi connectivity index (χ1) is 9.19. The molecule has 0 saturated carbocycles. The van der Waals surface area contributed by atoms with E-state index in [2.05, 4.69) is 6.07 Å². The smallest absolute Gasteiger partial charge is 0.161 e. The summed E-state index contributed by atoms with van der Waals surface area (Å²) in [7, 11) is 3.22. The second-order valence-corrected chi connectivity index (χ2v) is 5.43. The summed E-state index contributed by atoms with van der Waals surface area (Å²) in [4.78, 5) is 1.14. The molecule has 1 aromatic carbocycles. The molecular formula is C14H12N2O2S. The summed E-state index contributed by atoms with van der Waals surface area (Å²) in [5.41, 5.74) is 9.59. The van der Waals surface area contributed by atoms with E-state index in [1.807, 2.05) is 12.1 Å². The third-order valence-electron chi connectivity index (χ3n) is 3.35. The van der Waals surface area contributed by atoms with Crippen LogP contribution in [0.15, 0.2) is 12.1 Å². The molecule has 0 saturated heterocycles. The molecule has 0 fully saturated rings. The van der Waals surface area contributed by atoms with Crippen molar-refractivity contribution in [3.63, 3.8) is 0 Å². The predicted octanol–water partition coefficient (Wildman–Crippen LogP) is 2.79. The molecule has 0 aliphatic heterocycles. The van der Waals surface area contributed by atoms with Crippen molar-refractivity contribution in [2.75, 3.05) is 20.0 Å². The van der Waals surface area contributed by atoms with Crippen LogP contribution in [0.25, 0.3) is 11.1 Å². The number of nitrogen functional groups attached to an aromatic ring is 1. The van der Waals surface area contributed by atoms with E-state index in [4.69, 9.17) is 15.2 Å². The van der Waals surface area contributed by atoms with E-state index >= 15 is 0 Å². The van der Waals surface area contributed by atoms with Crippen molar-refractivity contribution in [1.29, 1.82) is 5.26 Å². The van der Waals surface area contributed by atoms with Crippen LogP contribution >= 0.6 is 11.3 Å². The Hall–Kier alpha value is -2.19. The second kappa shape index (κ2) is 4.18. The van der Waals surface area contributed by atoms with Gasteiger partial charge in [-0.15, -0.1) is 11.3 Å². The lowest BCUT2D eigenvalue weighted by Crippen LogP contribution is -1.93. The number of hydrogen-bond acceptors (Lipinski definition) is 5. The summed E-state index contributed by atoms with van der Waals surface area (Å²) in [6.07, 6.45) is 0.793. The molecule has 3 rings (SSSR count). The highest BCUT2D eigenvalue weighted by Crippen LogP contribution is 2.49. The Labute approximate surface area is 115 Å². The first kappa shape index (κ1) is 11.9. The van der Waals surface area contributed by atoms with Crippen molar-refractivity contribution < 1.29 is 9.47 Å². The molecule has 19 heavy (non-hydrogen) atoms. The SMILES string of the molecule is COc1cc2c(cc1OC)-c1c(sc(N)c1C#N)C2. The van der Waals surface area contributed by atoms with Gasteiger partial charge in [0.15, 0.2) is 11.5 Å². The van der Waals surface area contributed by atoms with Crippen LogP contribution in [0, 0.1) is 11.3 Å². The first-order valence-electron chi connectivity index (χ1n) is 5.76. The van der Waals surface area contributed by atoms with Gasteiger partial charge >= 0.3 is 0 Å². The quantitative estimate of drug-likeness (QED) is 0.779. The zero-order valence-corrected chi connectivity index (χ0v) is 11.4. The van der Waals surface area contributed by atoms with Gasteiger partial charge in [0.2, 0.25) is 0 Å². The molecule has 0 amide bonds. The Morgan fingerprint density at radius 2 is 1.95 bits per heavy atom. The molecule has 4 nitrogen and oxygen atoms in total. The van der Waals surface area contributed by atoms with Gasteiger partial charge < -0.3 is 15.2 Å². The third kappa shape index (κ3) is 1.57. The topological polar surface area (TPSA) is 68.3 Å². The number of ether oxygens (including phenoxy) is 2. The zero-order valence-electron chi connectivity index (χ0n) is 10.6. The van der Waals surface area contributed by atoms with Crippen molar-refractivity contribution >= 4 is 16.3 Å². The van der Waals surface area contributed by atoms with Crippen molar-refractivity contribution in [2.45, 2.75) is 6.42 Å². The van der Waals surface area contributed by atoms with Gasteiger partial charge in [0, 0.05) is 16.9 Å². The zero-order chi connectivity index (χ0) is 13.6. The molecule has 0 atom stereocenters. The molecule has 1 aromatic heterocycles. The van der Waals surface area contributed by atoms with Crippen LogP contribution in [0.3, 0.4) is 0 Å². The highest BCUT2D eigenvalue weighted by Gasteiger charge is 2.28. The van der Waals surface area contributed by atoms with E-state index in [0.29, 0.717) is 22.1 Å². The van der Waals surface area contributed by atoms with E-state index in [0.717, 1.165) is 28.0 Å². The minimum atomic E-state index is 0.575. The molecule has 0 bridgehead atoms. The van der Waals surface area contributed by atoms with Gasteiger partial charge in [0.25, 0.3) is 0 Å². The average molecular weight is 272 g/mol. The summed E-state index contributed by atoms with van der Waals surface area (Å²) in [5, 5.41) is 9.84. The standard InChI is InChI=1S/C14H12N2O2S/c1-17-10-3-7-4-12-13(8(7)5-11(10)18-2)9(6-15)14(16)19-12/h3,5H,4,16H2,1-2H3. The fraction of sp³-hybridized carbons (Fsp3) is 0.214. The number of methoxy groups -OCH3 is 2. The number of nitrogens with zero attached hydrogens (tertiary/aromatic N) is 1. The van der Waals surface area contributed by atoms with E-state index in [1.165, 1.54) is 11.3 Å². The number of hydrogen-bond donors (Lipinski definition) is 1. The molecule has 0 spiro atoms. The summed E-state index contributed by atoms with van der Waals surface area (Å²) in [5.74, 6) is 1.38. The Morgan fingerprint density at radius 1 is 1.26 bits per heavy atom. The van der Waals surface area contributed by atoms with Crippen molar-refractivity contribution in [3.8, 4) is 28.7 Å². The number of thiophene rings is 1. The van der Waals surface area contributed by atoms with Crippen LogP contribution < -0.4 is 15.2 Å². The lowest BCUT2D eigenvalue weighted by molar-refractivity contribution is 0.355. The molecule has 1 aliphatic rings. The molecule has 0 radical (unpaired) electrons. The molecular weight excluding hydrogens is 260 g/mol. The summed E-state index contributed by atoms with van der Waals surface area (Å²) < 4.78 is 10.6. The van der Waals surface area contributed by atoms with Gasteiger partial charge in [-0.05, 0) is 23.3 Å². The number of nitriles is 1. The number of anilines is 1. The van der Waals surface area contributed by atoms with Crippen LogP contribution in [0.4, 0.5) is 5.00 Å². The maximum absolute atomic E-state index is 9.25. The van der Waals surface area contributed by atoms with Crippen LogP contribution in [-0.4, -0.2) is 14.2 Å². The Bertz CT molecular complexity index is 713. The minimum absolute atomic E-state index is 0.575. The normalized spacial score (nSPS) is 11.6. The van der Waals surface area contributed by atoms with Crippen LogP contribution in [-0.2, 0) is 6.42 Å². The molecule has 0 unspecified atom stereocenters. The van der Waals surface area contributed by atoms with E-state index in [9.17, 15) is 5.26 Å². The monoisotopic (exact) mass is 272 g/mol. The van der Waals surface area contributed by atoms with Gasteiger partial charge in [0.1, 0.15) is 11.1 Å². The van der Waals surface area contributed by atoms with Gasteiger partial charge in [0.05, 0.1) is 19.8 Å². The molecule has 5 heteroatoms. The average Bonchev–Trinajstić information content (AvgIpc) is 2.90. The Kier molecular flexibility index (Phi) is 2.61. The summed E-state index contributed by atoms with van der Waals surface area (Å²) >= 11 is 1.49. The van der Waals surface area contributed by atoms with Gasteiger partial charge in [-0.2, -0.15) is 5.26 Å².